The molecule has 3 nitrogen and oxygen atoms in total. The van der Waals surface area contributed by atoms with Gasteiger partial charge in [0.05, 0.1) is 12.1 Å². The average Bonchev–Trinajstić information content (AvgIpc) is 2.05. The molecule has 1 unspecified atom stereocenters. The van der Waals surface area contributed by atoms with Crippen LogP contribution in [0.5, 0.6) is 0 Å². The van der Waals surface area contributed by atoms with Crippen molar-refractivity contribution in [2.75, 3.05) is 7.11 Å². The first-order valence-corrected chi connectivity index (χ1v) is 4.02. The van der Waals surface area contributed by atoms with Gasteiger partial charge in [-0.2, -0.15) is 0 Å². The van der Waals surface area contributed by atoms with Gasteiger partial charge in [-0.3, -0.25) is 4.79 Å². The van der Waals surface area contributed by atoms with E-state index in [1.54, 1.807) is 7.11 Å². The van der Waals surface area contributed by atoms with Crippen molar-refractivity contribution in [3.8, 4) is 0 Å². The van der Waals surface area contributed by atoms with E-state index < -0.39 is 0 Å². The van der Waals surface area contributed by atoms with Crippen molar-refractivity contribution in [2.45, 2.75) is 38.8 Å². The van der Waals surface area contributed by atoms with Crippen molar-refractivity contribution >= 4 is 6.41 Å². The molecule has 0 aliphatic rings. The van der Waals surface area contributed by atoms with Crippen LogP contribution in [0.3, 0.4) is 0 Å². The van der Waals surface area contributed by atoms with Crippen LogP contribution >= 0.6 is 0 Å². The van der Waals surface area contributed by atoms with E-state index in [0.29, 0.717) is 0 Å². The Morgan fingerprint density at radius 1 is 1.45 bits per heavy atom. The Labute approximate surface area is 68.1 Å². The van der Waals surface area contributed by atoms with Gasteiger partial charge in [0.2, 0.25) is 6.41 Å². The van der Waals surface area contributed by atoms with Gasteiger partial charge in [-0.1, -0.05) is 13.8 Å². The Hall–Kier alpha value is -0.570. The monoisotopic (exact) mass is 159 g/mol. The van der Waals surface area contributed by atoms with Gasteiger partial charge in [0.25, 0.3) is 0 Å². The van der Waals surface area contributed by atoms with Gasteiger partial charge in [-0.25, -0.2) is 0 Å². The Morgan fingerprint density at radius 3 is 2.36 bits per heavy atom. The number of methoxy groups -OCH3 is 1. The molecule has 0 spiro atoms. The lowest BCUT2D eigenvalue weighted by Crippen LogP contribution is -2.39. The summed E-state index contributed by atoms with van der Waals surface area (Å²) in [6, 6.07) is 0.155. The maximum Gasteiger partial charge on any atom is 0.207 e. The first kappa shape index (κ1) is 10.4. The first-order chi connectivity index (χ1) is 5.29. The number of amides is 1. The predicted molar refractivity (Wildman–Crippen MR) is 44.4 cm³/mol. The molecule has 0 bridgehead atoms. The fourth-order valence-electron chi connectivity index (χ4n) is 1.19. The molecule has 1 amide bonds. The zero-order valence-electron chi connectivity index (χ0n) is 7.46. The SMILES string of the molecule is CCC(OC)[C@H](CC)NC=O. The molecule has 0 fully saturated rings. The van der Waals surface area contributed by atoms with E-state index in [1.807, 2.05) is 13.8 Å². The lowest BCUT2D eigenvalue weighted by atomic mass is 10.1. The minimum atomic E-state index is 0.144. The summed E-state index contributed by atoms with van der Waals surface area (Å²) in [6.45, 7) is 4.08. The maximum atomic E-state index is 10.1. The standard InChI is InChI=1S/C8H17NO2/c1-4-7(9-6-10)8(5-2)11-3/h6-8H,4-5H2,1-3H3,(H,9,10)/t7-,8?/m0/s1. The summed E-state index contributed by atoms with van der Waals surface area (Å²) in [4.78, 5) is 10.1. The Balaban J connectivity index is 3.85. The van der Waals surface area contributed by atoms with Gasteiger partial charge in [-0.15, -0.1) is 0 Å². The van der Waals surface area contributed by atoms with E-state index in [4.69, 9.17) is 4.74 Å². The normalized spacial score (nSPS) is 15.5. The molecule has 0 saturated heterocycles. The van der Waals surface area contributed by atoms with Crippen LogP contribution in [0.2, 0.25) is 0 Å². The summed E-state index contributed by atoms with van der Waals surface area (Å²) < 4.78 is 5.18. The number of carbonyl (C=O) groups is 1. The van der Waals surface area contributed by atoms with Crippen LogP contribution in [0.15, 0.2) is 0 Å². The third-order valence-electron chi connectivity index (χ3n) is 1.88. The largest absolute Gasteiger partial charge is 0.379 e. The van der Waals surface area contributed by atoms with E-state index in [9.17, 15) is 4.79 Å². The summed E-state index contributed by atoms with van der Waals surface area (Å²) in [5, 5.41) is 2.73. The van der Waals surface area contributed by atoms with Crippen LogP contribution in [0, 0.1) is 0 Å². The predicted octanol–water partition coefficient (Wildman–Crippen LogP) is 0.936. The molecule has 0 rings (SSSR count). The maximum absolute atomic E-state index is 10.1. The van der Waals surface area contributed by atoms with Crippen LogP contribution in [-0.2, 0) is 9.53 Å². The topological polar surface area (TPSA) is 38.3 Å². The quantitative estimate of drug-likeness (QED) is 0.586. The molecule has 0 radical (unpaired) electrons. The van der Waals surface area contributed by atoms with Gasteiger partial charge in [0.1, 0.15) is 0 Å². The highest BCUT2D eigenvalue weighted by atomic mass is 16.5. The number of hydrogen-bond acceptors (Lipinski definition) is 2. The summed E-state index contributed by atoms with van der Waals surface area (Å²) in [6.07, 6.45) is 2.71. The minimum absolute atomic E-state index is 0.144. The molecule has 0 aromatic heterocycles. The molecule has 0 aliphatic heterocycles. The Bertz CT molecular complexity index is 102. The molecule has 2 atom stereocenters. The summed E-state index contributed by atoms with van der Waals surface area (Å²) in [5.74, 6) is 0. The number of carbonyl (C=O) groups excluding carboxylic acids is 1. The van der Waals surface area contributed by atoms with Crippen LogP contribution < -0.4 is 5.32 Å². The number of nitrogens with one attached hydrogen (secondary N) is 1. The van der Waals surface area contributed by atoms with E-state index in [-0.39, 0.29) is 12.1 Å². The van der Waals surface area contributed by atoms with E-state index in [0.717, 1.165) is 19.3 Å². The van der Waals surface area contributed by atoms with Crippen molar-refractivity contribution in [2.24, 2.45) is 0 Å². The van der Waals surface area contributed by atoms with Crippen molar-refractivity contribution in [3.05, 3.63) is 0 Å². The molecule has 0 aromatic carbocycles. The van der Waals surface area contributed by atoms with Gasteiger partial charge in [0.15, 0.2) is 0 Å². The Morgan fingerprint density at radius 2 is 2.09 bits per heavy atom. The average molecular weight is 159 g/mol. The third kappa shape index (κ3) is 3.37. The van der Waals surface area contributed by atoms with Crippen molar-refractivity contribution in [3.63, 3.8) is 0 Å². The van der Waals surface area contributed by atoms with Gasteiger partial charge >= 0.3 is 0 Å². The van der Waals surface area contributed by atoms with Crippen LogP contribution in [-0.4, -0.2) is 25.7 Å². The second-order valence-electron chi connectivity index (χ2n) is 2.48. The zero-order chi connectivity index (χ0) is 8.69. The molecular formula is C8H17NO2. The second kappa shape index (κ2) is 6.16. The highest BCUT2D eigenvalue weighted by molar-refractivity contribution is 5.46. The first-order valence-electron chi connectivity index (χ1n) is 4.02. The molecule has 66 valence electrons. The fourth-order valence-corrected chi connectivity index (χ4v) is 1.19. The van der Waals surface area contributed by atoms with Crippen molar-refractivity contribution in [1.29, 1.82) is 0 Å². The zero-order valence-corrected chi connectivity index (χ0v) is 7.46. The van der Waals surface area contributed by atoms with E-state index in [2.05, 4.69) is 5.32 Å². The van der Waals surface area contributed by atoms with E-state index >= 15 is 0 Å². The molecular weight excluding hydrogens is 142 g/mol. The highest BCUT2D eigenvalue weighted by Gasteiger charge is 2.15. The smallest absolute Gasteiger partial charge is 0.207 e. The lowest BCUT2D eigenvalue weighted by Gasteiger charge is -2.22. The third-order valence-corrected chi connectivity index (χ3v) is 1.88. The van der Waals surface area contributed by atoms with Crippen molar-refractivity contribution in [1.82, 2.24) is 5.32 Å². The number of rotatable bonds is 6. The van der Waals surface area contributed by atoms with Gasteiger partial charge in [0, 0.05) is 7.11 Å². The van der Waals surface area contributed by atoms with E-state index in [1.165, 1.54) is 0 Å². The molecule has 3 heteroatoms. The van der Waals surface area contributed by atoms with Crippen molar-refractivity contribution < 1.29 is 9.53 Å². The molecule has 0 heterocycles. The molecule has 1 N–H and O–H groups in total. The fraction of sp³-hybridized carbons (Fsp3) is 0.875. The minimum Gasteiger partial charge on any atom is -0.379 e. The summed E-state index contributed by atoms with van der Waals surface area (Å²) in [7, 11) is 1.67. The molecule has 0 aromatic rings. The van der Waals surface area contributed by atoms with Crippen LogP contribution in [0.25, 0.3) is 0 Å². The Kier molecular flexibility index (Phi) is 5.84. The molecule has 0 saturated carbocycles. The second-order valence-corrected chi connectivity index (χ2v) is 2.48. The molecule has 0 aliphatic carbocycles. The number of ether oxygens (including phenoxy) is 1. The highest BCUT2D eigenvalue weighted by Crippen LogP contribution is 2.05. The van der Waals surface area contributed by atoms with Gasteiger partial charge in [-0.05, 0) is 12.8 Å². The van der Waals surface area contributed by atoms with Gasteiger partial charge < -0.3 is 10.1 Å². The molecule has 11 heavy (non-hydrogen) atoms. The van der Waals surface area contributed by atoms with Crippen LogP contribution in [0.1, 0.15) is 26.7 Å². The summed E-state index contributed by atoms with van der Waals surface area (Å²) in [5.41, 5.74) is 0. The van der Waals surface area contributed by atoms with Crippen LogP contribution in [0.4, 0.5) is 0 Å². The lowest BCUT2D eigenvalue weighted by molar-refractivity contribution is -0.111. The number of hydrogen-bond donors (Lipinski definition) is 1. The summed E-state index contributed by atoms with van der Waals surface area (Å²) >= 11 is 0.